The van der Waals surface area contributed by atoms with Gasteiger partial charge in [-0.2, -0.15) is 18.2 Å². The van der Waals surface area contributed by atoms with Crippen LogP contribution in [0.5, 0.6) is 11.6 Å². The fourth-order valence-corrected chi connectivity index (χ4v) is 5.12. The Morgan fingerprint density at radius 3 is 2.59 bits per heavy atom. The van der Waals surface area contributed by atoms with Crippen molar-refractivity contribution >= 4 is 22.8 Å². The predicted octanol–water partition coefficient (Wildman–Crippen LogP) is 5.68. The van der Waals surface area contributed by atoms with Gasteiger partial charge in [-0.25, -0.2) is 9.97 Å². The number of alkyl halides is 3. The first-order chi connectivity index (χ1) is 19.5. The fourth-order valence-electron chi connectivity index (χ4n) is 5.12. The number of aromatic amines is 1. The lowest BCUT2D eigenvalue weighted by molar-refractivity contribution is -0.137. The molecule has 4 aromatic rings. The van der Waals surface area contributed by atoms with Gasteiger partial charge < -0.3 is 20.4 Å². The van der Waals surface area contributed by atoms with Crippen LogP contribution >= 0.6 is 0 Å². The molecule has 3 N–H and O–H groups in total. The lowest BCUT2D eigenvalue weighted by Gasteiger charge is -2.41. The van der Waals surface area contributed by atoms with Crippen LogP contribution in [0.15, 0.2) is 53.3 Å². The molecule has 0 radical (unpaired) electrons. The normalized spacial score (nSPS) is 16.3. The average Bonchev–Trinajstić information content (AvgIpc) is 2.93. The Morgan fingerprint density at radius 1 is 1.12 bits per heavy atom. The van der Waals surface area contributed by atoms with Crippen LogP contribution in [0.3, 0.4) is 0 Å². The molecule has 2 aromatic heterocycles. The van der Waals surface area contributed by atoms with Gasteiger partial charge in [0.1, 0.15) is 5.52 Å². The van der Waals surface area contributed by atoms with Gasteiger partial charge in [-0.15, -0.1) is 0 Å². The maximum atomic E-state index is 13.2. The number of fused-ring (bicyclic) bond motifs is 1. The minimum atomic E-state index is -4.45. The monoisotopic (exact) mass is 567 g/mol. The molecule has 0 aliphatic carbocycles. The summed E-state index contributed by atoms with van der Waals surface area (Å²) in [5.41, 5.74) is 6.15. The smallest absolute Gasteiger partial charge is 0.416 e. The Balaban J connectivity index is 1.58. The fraction of sp³-hybridized carbons (Fsp3) is 0.379. The molecule has 2 aromatic carbocycles. The molecule has 216 valence electrons. The standard InChI is InChI=1S/C29H32F3N7O2/c1-17(2)16-39-14-5-4-9-24(39)38(3)28-35-21(18-10-12-19(13-11-18)29(30,31)32)15-23(36-28)41-22-8-6-7-20-25(22)37-26(33)27(40)34-20/h6-8,10-13,15,17,24H,4-5,9,14,16H2,1-3H3,(H2,33,37)(H,34,40). The van der Waals surface area contributed by atoms with Crippen molar-refractivity contribution in [1.82, 2.24) is 24.8 Å². The first kappa shape index (κ1) is 28.3. The van der Waals surface area contributed by atoms with Crippen molar-refractivity contribution in [2.75, 3.05) is 30.8 Å². The highest BCUT2D eigenvalue weighted by Crippen LogP contribution is 2.34. The first-order valence-corrected chi connectivity index (χ1v) is 13.5. The maximum Gasteiger partial charge on any atom is 0.416 e. The van der Waals surface area contributed by atoms with Crippen LogP contribution in [0.25, 0.3) is 22.3 Å². The molecule has 1 saturated heterocycles. The zero-order valence-electron chi connectivity index (χ0n) is 23.1. The quantitative estimate of drug-likeness (QED) is 0.293. The number of para-hydroxylation sites is 1. The van der Waals surface area contributed by atoms with Crippen LogP contribution in [0.2, 0.25) is 0 Å². The predicted molar refractivity (Wildman–Crippen MR) is 152 cm³/mol. The number of ether oxygens (including phenoxy) is 1. The summed E-state index contributed by atoms with van der Waals surface area (Å²) >= 11 is 0. The number of anilines is 2. The van der Waals surface area contributed by atoms with Gasteiger partial charge in [0.15, 0.2) is 11.6 Å². The van der Waals surface area contributed by atoms with Crippen molar-refractivity contribution in [2.45, 2.75) is 45.5 Å². The summed E-state index contributed by atoms with van der Waals surface area (Å²) in [7, 11) is 1.92. The number of H-pyrrole nitrogens is 1. The van der Waals surface area contributed by atoms with Crippen LogP contribution in [-0.4, -0.2) is 51.1 Å². The van der Waals surface area contributed by atoms with Crippen molar-refractivity contribution in [3.63, 3.8) is 0 Å². The van der Waals surface area contributed by atoms with E-state index >= 15 is 0 Å². The van der Waals surface area contributed by atoms with Crippen molar-refractivity contribution in [3.05, 3.63) is 64.4 Å². The minimum absolute atomic E-state index is 0.0472. The number of nitrogens with one attached hydrogen (secondary N) is 1. The minimum Gasteiger partial charge on any atom is -0.436 e. The van der Waals surface area contributed by atoms with E-state index in [1.165, 1.54) is 12.1 Å². The van der Waals surface area contributed by atoms with Gasteiger partial charge in [0, 0.05) is 31.8 Å². The third kappa shape index (κ3) is 6.27. The topological polar surface area (TPSA) is 113 Å². The third-order valence-electron chi connectivity index (χ3n) is 7.07. The summed E-state index contributed by atoms with van der Waals surface area (Å²) in [5.74, 6) is 1.11. The highest BCUT2D eigenvalue weighted by molar-refractivity contribution is 5.82. The van der Waals surface area contributed by atoms with E-state index in [0.29, 0.717) is 39.9 Å². The van der Waals surface area contributed by atoms with E-state index in [4.69, 9.17) is 20.4 Å². The zero-order chi connectivity index (χ0) is 29.3. The Kier molecular flexibility index (Phi) is 7.85. The largest absolute Gasteiger partial charge is 0.436 e. The molecule has 1 unspecified atom stereocenters. The molecule has 41 heavy (non-hydrogen) atoms. The van der Waals surface area contributed by atoms with E-state index in [2.05, 4.69) is 28.7 Å². The molecular weight excluding hydrogens is 535 g/mol. The van der Waals surface area contributed by atoms with Gasteiger partial charge in [0.05, 0.1) is 22.9 Å². The van der Waals surface area contributed by atoms with Crippen LogP contribution in [0, 0.1) is 5.92 Å². The molecular formula is C29H32F3N7O2. The van der Waals surface area contributed by atoms with Gasteiger partial charge >= 0.3 is 6.18 Å². The Bertz CT molecular complexity index is 1590. The lowest BCUT2D eigenvalue weighted by atomic mass is 10.0. The molecule has 0 saturated carbocycles. The number of rotatable bonds is 7. The van der Waals surface area contributed by atoms with Crippen LogP contribution in [0.4, 0.5) is 24.9 Å². The number of nitrogens with zero attached hydrogens (tertiary/aromatic N) is 5. The van der Waals surface area contributed by atoms with Crippen molar-refractivity contribution in [2.24, 2.45) is 5.92 Å². The van der Waals surface area contributed by atoms with Crippen LogP contribution in [0.1, 0.15) is 38.7 Å². The Hall–Kier alpha value is -4.19. The number of hydrogen-bond acceptors (Lipinski definition) is 8. The van der Waals surface area contributed by atoms with E-state index in [9.17, 15) is 18.0 Å². The number of nitrogens with two attached hydrogens (primary N) is 1. The summed E-state index contributed by atoms with van der Waals surface area (Å²) < 4.78 is 45.8. The summed E-state index contributed by atoms with van der Waals surface area (Å²) in [6, 6.07) is 11.4. The highest BCUT2D eigenvalue weighted by atomic mass is 19.4. The van der Waals surface area contributed by atoms with Gasteiger partial charge in [-0.05, 0) is 49.4 Å². The van der Waals surface area contributed by atoms with E-state index in [0.717, 1.165) is 44.5 Å². The molecule has 5 rings (SSSR count). The lowest BCUT2D eigenvalue weighted by Crippen LogP contribution is -2.51. The molecule has 12 heteroatoms. The Labute approximate surface area is 235 Å². The molecule has 1 atom stereocenters. The van der Waals surface area contributed by atoms with E-state index in [1.807, 2.05) is 11.9 Å². The second-order valence-corrected chi connectivity index (χ2v) is 10.6. The van der Waals surface area contributed by atoms with E-state index in [-0.39, 0.29) is 17.9 Å². The number of benzene rings is 2. The van der Waals surface area contributed by atoms with Crippen LogP contribution in [-0.2, 0) is 6.18 Å². The summed E-state index contributed by atoms with van der Waals surface area (Å²) in [5, 5.41) is 0. The maximum absolute atomic E-state index is 13.2. The molecule has 3 heterocycles. The third-order valence-corrected chi connectivity index (χ3v) is 7.07. The molecule has 1 fully saturated rings. The zero-order valence-corrected chi connectivity index (χ0v) is 23.1. The summed E-state index contributed by atoms with van der Waals surface area (Å²) in [6.45, 7) is 6.23. The second-order valence-electron chi connectivity index (χ2n) is 10.6. The first-order valence-electron chi connectivity index (χ1n) is 13.5. The van der Waals surface area contributed by atoms with Gasteiger partial charge in [0.25, 0.3) is 5.56 Å². The summed E-state index contributed by atoms with van der Waals surface area (Å²) in [4.78, 5) is 32.7. The second kappa shape index (κ2) is 11.4. The van der Waals surface area contributed by atoms with Crippen molar-refractivity contribution in [1.29, 1.82) is 0 Å². The van der Waals surface area contributed by atoms with E-state index < -0.39 is 17.3 Å². The number of hydrogen-bond donors (Lipinski definition) is 2. The molecule has 9 nitrogen and oxygen atoms in total. The number of piperidine rings is 1. The number of likely N-dealkylation sites (tertiary alicyclic amines) is 1. The SMILES string of the molecule is CC(C)CN1CCCCC1N(C)c1nc(Oc2cccc3[nH]c(=O)c(N)nc23)cc(-c2ccc(C(F)(F)F)cc2)n1. The molecule has 1 aliphatic heterocycles. The van der Waals surface area contributed by atoms with Gasteiger partial charge in [0.2, 0.25) is 11.8 Å². The van der Waals surface area contributed by atoms with Crippen molar-refractivity contribution in [3.8, 4) is 22.9 Å². The molecule has 0 amide bonds. The molecule has 0 spiro atoms. The number of nitrogen functional groups attached to an aromatic ring is 1. The van der Waals surface area contributed by atoms with Gasteiger partial charge in [-0.3, -0.25) is 9.69 Å². The average molecular weight is 568 g/mol. The van der Waals surface area contributed by atoms with E-state index in [1.54, 1.807) is 24.3 Å². The number of aromatic nitrogens is 4. The van der Waals surface area contributed by atoms with Crippen molar-refractivity contribution < 1.29 is 17.9 Å². The highest BCUT2D eigenvalue weighted by Gasteiger charge is 2.31. The summed E-state index contributed by atoms with van der Waals surface area (Å²) in [6.07, 6.45) is -1.31. The number of halogens is 3. The molecule has 1 aliphatic rings. The van der Waals surface area contributed by atoms with Crippen LogP contribution < -0.4 is 20.9 Å². The molecule has 0 bridgehead atoms. The Morgan fingerprint density at radius 2 is 1.88 bits per heavy atom. The van der Waals surface area contributed by atoms with Gasteiger partial charge in [-0.1, -0.05) is 32.0 Å².